The Morgan fingerprint density at radius 2 is 1.52 bits per heavy atom. The first-order valence-electron chi connectivity index (χ1n) is 14.5. The topological polar surface area (TPSA) is 111 Å². The van der Waals surface area contributed by atoms with Gasteiger partial charge in [-0.2, -0.15) is 14.4 Å². The number of aromatic amines is 1. The monoisotopic (exact) mass is 605 g/mol. The molecule has 0 aliphatic carbocycles. The first-order valence-corrected chi connectivity index (χ1v) is 18.2. The van der Waals surface area contributed by atoms with Crippen molar-refractivity contribution in [3.8, 4) is 39.3 Å². The molecule has 11 heteroatoms. The second-order valence-electron chi connectivity index (χ2n) is 11.7. The van der Waals surface area contributed by atoms with Gasteiger partial charge >= 0.3 is 0 Å². The van der Waals surface area contributed by atoms with Crippen LogP contribution >= 0.6 is 0 Å². The smallest absolute Gasteiger partial charge is 0.282 e. The van der Waals surface area contributed by atoms with E-state index in [1.807, 2.05) is 84.9 Å². The predicted octanol–water partition coefficient (Wildman–Crippen LogP) is 6.68. The summed E-state index contributed by atoms with van der Waals surface area (Å²) in [6.07, 6.45) is 1.60. The number of aromatic nitrogens is 6. The SMILES string of the molecule is COc1ccc(-c2c(Nc3cnn(COCC[Si](C)(C)C)n3)nc3c(-c4ccccc4)c(-c4ccccc4)[nH]n3c2=O)cc1. The molecule has 224 valence electrons. The molecule has 0 fully saturated rings. The summed E-state index contributed by atoms with van der Waals surface area (Å²) in [6, 6.07) is 28.3. The molecule has 0 radical (unpaired) electrons. The maximum atomic E-state index is 14.3. The Hall–Kier alpha value is -5.00. The van der Waals surface area contributed by atoms with E-state index in [9.17, 15) is 4.79 Å². The number of nitrogens with zero attached hydrogens (tertiary/aromatic N) is 5. The molecule has 2 N–H and O–H groups in total. The molecule has 3 heterocycles. The van der Waals surface area contributed by atoms with Crippen LogP contribution in [0.2, 0.25) is 25.7 Å². The highest BCUT2D eigenvalue weighted by Gasteiger charge is 2.23. The van der Waals surface area contributed by atoms with Crippen LogP contribution in [-0.4, -0.2) is 51.4 Å². The summed E-state index contributed by atoms with van der Waals surface area (Å²) in [5.74, 6) is 1.50. The van der Waals surface area contributed by atoms with E-state index in [0.29, 0.717) is 40.8 Å². The zero-order chi connectivity index (χ0) is 30.7. The minimum absolute atomic E-state index is 0.239. The van der Waals surface area contributed by atoms with Gasteiger partial charge in [-0.1, -0.05) is 92.4 Å². The van der Waals surface area contributed by atoms with Gasteiger partial charge in [0, 0.05) is 20.2 Å². The van der Waals surface area contributed by atoms with Crippen LogP contribution in [0.25, 0.3) is 39.2 Å². The second kappa shape index (κ2) is 12.3. The zero-order valence-corrected chi connectivity index (χ0v) is 26.2. The number of H-pyrrole nitrogens is 1. The Bertz CT molecular complexity index is 1930. The first-order chi connectivity index (χ1) is 21.3. The van der Waals surface area contributed by atoms with Gasteiger partial charge in [-0.15, -0.1) is 5.10 Å². The number of anilines is 2. The maximum absolute atomic E-state index is 14.3. The highest BCUT2D eigenvalue weighted by atomic mass is 28.3. The largest absolute Gasteiger partial charge is 0.497 e. The van der Waals surface area contributed by atoms with Crippen LogP contribution in [0.15, 0.2) is 95.9 Å². The van der Waals surface area contributed by atoms with Crippen molar-refractivity contribution < 1.29 is 9.47 Å². The van der Waals surface area contributed by atoms with Crippen molar-refractivity contribution in [1.29, 1.82) is 0 Å². The van der Waals surface area contributed by atoms with Gasteiger partial charge in [-0.05, 0) is 29.3 Å². The van der Waals surface area contributed by atoms with Gasteiger partial charge in [-0.25, -0.2) is 4.98 Å². The number of hydrogen-bond acceptors (Lipinski definition) is 7. The number of rotatable bonds is 11. The molecule has 6 rings (SSSR count). The summed E-state index contributed by atoms with van der Waals surface area (Å²) < 4.78 is 12.7. The molecular weight excluding hydrogens is 570 g/mol. The van der Waals surface area contributed by atoms with Gasteiger partial charge in [0.15, 0.2) is 18.2 Å². The van der Waals surface area contributed by atoms with Crippen LogP contribution in [0.3, 0.4) is 0 Å². The molecule has 3 aromatic carbocycles. The molecular formula is C33H35N7O3Si. The average molecular weight is 606 g/mol. The van der Waals surface area contributed by atoms with Gasteiger partial charge in [0.25, 0.3) is 5.56 Å². The summed E-state index contributed by atoms with van der Waals surface area (Å²) in [5.41, 5.74) is 4.77. The van der Waals surface area contributed by atoms with Crippen LogP contribution in [0.4, 0.5) is 11.6 Å². The van der Waals surface area contributed by atoms with Gasteiger partial charge in [0.1, 0.15) is 11.6 Å². The molecule has 3 aromatic heterocycles. The highest BCUT2D eigenvalue weighted by molar-refractivity contribution is 6.76. The van der Waals surface area contributed by atoms with E-state index in [-0.39, 0.29) is 12.3 Å². The normalized spacial score (nSPS) is 11.6. The van der Waals surface area contributed by atoms with E-state index < -0.39 is 8.07 Å². The quantitative estimate of drug-likeness (QED) is 0.125. The average Bonchev–Trinajstić information content (AvgIpc) is 3.65. The van der Waals surface area contributed by atoms with Crippen LogP contribution in [-0.2, 0) is 11.5 Å². The fourth-order valence-corrected chi connectivity index (χ4v) is 5.69. The molecule has 0 spiro atoms. The third-order valence-corrected chi connectivity index (χ3v) is 8.97. The predicted molar refractivity (Wildman–Crippen MR) is 176 cm³/mol. The molecule has 0 saturated carbocycles. The van der Waals surface area contributed by atoms with Crippen molar-refractivity contribution in [2.45, 2.75) is 32.4 Å². The van der Waals surface area contributed by atoms with Crippen LogP contribution in [0, 0.1) is 0 Å². The van der Waals surface area contributed by atoms with Crippen molar-refractivity contribution in [1.82, 2.24) is 29.6 Å². The van der Waals surface area contributed by atoms with Crippen molar-refractivity contribution in [3.05, 3.63) is 101 Å². The van der Waals surface area contributed by atoms with Gasteiger partial charge in [-0.3, -0.25) is 9.89 Å². The third kappa shape index (κ3) is 6.19. The Morgan fingerprint density at radius 3 is 2.18 bits per heavy atom. The Morgan fingerprint density at radius 1 is 0.864 bits per heavy atom. The number of benzene rings is 3. The number of nitrogens with one attached hydrogen (secondary N) is 2. The van der Waals surface area contributed by atoms with E-state index >= 15 is 0 Å². The van der Waals surface area contributed by atoms with E-state index in [0.717, 1.165) is 28.4 Å². The molecule has 0 atom stereocenters. The third-order valence-electron chi connectivity index (χ3n) is 7.27. The molecule has 0 aliphatic rings. The zero-order valence-electron chi connectivity index (χ0n) is 25.2. The van der Waals surface area contributed by atoms with E-state index in [4.69, 9.17) is 14.5 Å². The summed E-state index contributed by atoms with van der Waals surface area (Å²) >= 11 is 0. The Labute approximate surface area is 256 Å². The molecule has 10 nitrogen and oxygen atoms in total. The van der Waals surface area contributed by atoms with Crippen LogP contribution < -0.4 is 15.6 Å². The van der Waals surface area contributed by atoms with Crippen LogP contribution in [0.1, 0.15) is 0 Å². The first kappa shape index (κ1) is 29.1. The molecule has 0 bridgehead atoms. The van der Waals surface area contributed by atoms with Gasteiger partial charge in [0.2, 0.25) is 0 Å². The summed E-state index contributed by atoms with van der Waals surface area (Å²) in [4.78, 5) is 20.9. The molecule has 0 aliphatic heterocycles. The van der Waals surface area contributed by atoms with Crippen molar-refractivity contribution in [3.63, 3.8) is 0 Å². The summed E-state index contributed by atoms with van der Waals surface area (Å²) in [5, 5.41) is 15.6. The minimum atomic E-state index is -1.20. The molecule has 0 unspecified atom stereocenters. The lowest BCUT2D eigenvalue weighted by Gasteiger charge is -2.14. The molecule has 44 heavy (non-hydrogen) atoms. The standard InChI is InChI=1S/C33H35N7O3Si/c1-42-26-17-15-24(16-18-26)29-31(35-27-21-34-39(37-27)22-43-19-20-44(2,3)4)36-32-28(23-11-7-5-8-12-23)30(38-40(32)33(29)41)25-13-9-6-10-14-25/h5-18,21,38H,19-20,22H2,1-4H3,(H,35,37). The number of fused-ring (bicyclic) bond motifs is 1. The van der Waals surface area contributed by atoms with Crippen molar-refractivity contribution in [2.24, 2.45) is 0 Å². The van der Waals surface area contributed by atoms with Gasteiger partial charge < -0.3 is 14.8 Å². The van der Waals surface area contributed by atoms with E-state index in [1.54, 1.807) is 13.3 Å². The summed E-state index contributed by atoms with van der Waals surface area (Å²) in [7, 11) is 0.408. The molecule has 6 aromatic rings. The van der Waals surface area contributed by atoms with Crippen LogP contribution in [0.5, 0.6) is 5.75 Å². The minimum Gasteiger partial charge on any atom is -0.497 e. The number of hydrogen-bond donors (Lipinski definition) is 2. The van der Waals surface area contributed by atoms with Crippen molar-refractivity contribution >= 4 is 25.4 Å². The molecule has 0 saturated heterocycles. The number of methoxy groups -OCH3 is 1. The lowest BCUT2D eigenvalue weighted by molar-refractivity contribution is 0.0687. The number of ether oxygens (including phenoxy) is 2. The lowest BCUT2D eigenvalue weighted by atomic mass is 10.0. The molecule has 0 amide bonds. The van der Waals surface area contributed by atoms with Crippen molar-refractivity contribution in [2.75, 3.05) is 19.0 Å². The Kier molecular flexibility index (Phi) is 8.14. The lowest BCUT2D eigenvalue weighted by Crippen LogP contribution is -2.22. The van der Waals surface area contributed by atoms with E-state index in [2.05, 4.69) is 40.3 Å². The fraction of sp³-hybridized carbons (Fsp3) is 0.212. The second-order valence-corrected chi connectivity index (χ2v) is 17.3. The fourth-order valence-electron chi connectivity index (χ4n) is 4.93. The highest BCUT2D eigenvalue weighted by Crippen LogP contribution is 2.36. The van der Waals surface area contributed by atoms with E-state index in [1.165, 1.54) is 9.31 Å². The van der Waals surface area contributed by atoms with Gasteiger partial charge in [0.05, 0.1) is 30.1 Å². The summed E-state index contributed by atoms with van der Waals surface area (Å²) in [6.45, 7) is 7.84. The maximum Gasteiger partial charge on any atom is 0.282 e. The Balaban J connectivity index is 1.47.